The zero-order chi connectivity index (χ0) is 27.3. The molecule has 0 saturated heterocycles. The molecule has 0 bridgehead atoms. The van der Waals surface area contributed by atoms with E-state index < -0.39 is 5.56 Å². The SMILES string of the molecule is CCCCC/C(C(C)=O)=C(\C)OC(Cl)c1ccccc1-c1cccc(C(NCCCC)C2CCCCC2)n1. The number of unbranched alkanes of at least 4 members (excludes halogenated alkanes) is 3. The summed E-state index contributed by atoms with van der Waals surface area (Å²) >= 11 is 6.87. The molecule has 5 heteroatoms. The average molecular weight is 539 g/mol. The molecule has 0 amide bonds. The Morgan fingerprint density at radius 3 is 2.45 bits per heavy atom. The standard InChI is InChI=1S/C33H47ClN2O2/c1-5-7-10-18-27(24(3)37)25(4)38-33(34)29-20-14-13-19-28(29)30-21-15-22-31(36-30)32(35-23-8-6-2)26-16-11-9-12-17-26/h13-15,19-22,26,32-33,35H,5-12,16-18,23H2,1-4H3/b27-25-. The number of rotatable bonds is 15. The summed E-state index contributed by atoms with van der Waals surface area (Å²) in [5.41, 5.74) is 3.86. The summed E-state index contributed by atoms with van der Waals surface area (Å²) in [5, 5.41) is 3.84. The van der Waals surface area contributed by atoms with Crippen LogP contribution >= 0.6 is 11.6 Å². The molecule has 3 rings (SSSR count). The van der Waals surface area contributed by atoms with Gasteiger partial charge in [-0.3, -0.25) is 9.78 Å². The molecule has 1 aliphatic rings. The highest BCUT2D eigenvalue weighted by Crippen LogP contribution is 2.37. The summed E-state index contributed by atoms with van der Waals surface area (Å²) in [6, 6.07) is 14.7. The maximum absolute atomic E-state index is 12.3. The molecular formula is C33H47ClN2O2. The van der Waals surface area contributed by atoms with Crippen LogP contribution in [0.1, 0.15) is 121 Å². The zero-order valence-corrected chi connectivity index (χ0v) is 24.7. The lowest BCUT2D eigenvalue weighted by Crippen LogP contribution is -2.31. The van der Waals surface area contributed by atoms with Crippen LogP contribution in [0.5, 0.6) is 0 Å². The molecule has 208 valence electrons. The maximum atomic E-state index is 12.3. The number of nitrogens with zero attached hydrogens (tertiary/aromatic N) is 1. The number of aromatic nitrogens is 1. The van der Waals surface area contributed by atoms with Gasteiger partial charge in [0.25, 0.3) is 0 Å². The third-order valence-corrected chi connectivity index (χ3v) is 8.07. The molecular weight excluding hydrogens is 492 g/mol. The Kier molecular flexibility index (Phi) is 12.8. The van der Waals surface area contributed by atoms with Crippen molar-refractivity contribution >= 4 is 17.4 Å². The van der Waals surface area contributed by atoms with Crippen LogP contribution in [0.15, 0.2) is 53.8 Å². The minimum Gasteiger partial charge on any atom is -0.474 e. The molecule has 4 nitrogen and oxygen atoms in total. The van der Waals surface area contributed by atoms with Gasteiger partial charge in [0.1, 0.15) is 5.76 Å². The highest BCUT2D eigenvalue weighted by molar-refractivity contribution is 6.20. The van der Waals surface area contributed by atoms with Crippen molar-refractivity contribution in [2.24, 2.45) is 5.92 Å². The van der Waals surface area contributed by atoms with E-state index in [0.717, 1.165) is 60.3 Å². The first kappa shape index (κ1) is 30.4. The smallest absolute Gasteiger partial charge is 0.197 e. The summed E-state index contributed by atoms with van der Waals surface area (Å²) in [6.45, 7) is 8.88. The van der Waals surface area contributed by atoms with Crippen molar-refractivity contribution in [1.29, 1.82) is 0 Å². The highest BCUT2D eigenvalue weighted by Gasteiger charge is 2.26. The summed E-state index contributed by atoms with van der Waals surface area (Å²) in [5.74, 6) is 1.28. The van der Waals surface area contributed by atoms with Crippen LogP contribution in [0.4, 0.5) is 0 Å². The number of pyridine rings is 1. The second-order valence-corrected chi connectivity index (χ2v) is 11.1. The number of carbonyl (C=O) groups excluding carboxylic acids is 1. The molecule has 1 heterocycles. The van der Waals surface area contributed by atoms with Crippen LogP contribution < -0.4 is 5.32 Å². The quantitative estimate of drug-likeness (QED) is 0.106. The second-order valence-electron chi connectivity index (χ2n) is 10.7. The number of Topliss-reactive ketones (excluding diaryl/α,β-unsaturated/α-hetero) is 1. The molecule has 38 heavy (non-hydrogen) atoms. The molecule has 0 spiro atoms. The van der Waals surface area contributed by atoms with Crippen molar-refractivity contribution in [3.05, 3.63) is 65.1 Å². The normalized spacial score (nSPS) is 16.6. The molecule has 1 N–H and O–H groups in total. The van der Waals surface area contributed by atoms with E-state index in [1.54, 1.807) is 6.92 Å². The van der Waals surface area contributed by atoms with Crippen molar-refractivity contribution in [3.63, 3.8) is 0 Å². The molecule has 1 aromatic heterocycles. The molecule has 1 aromatic carbocycles. The van der Waals surface area contributed by atoms with Crippen molar-refractivity contribution in [3.8, 4) is 11.3 Å². The molecule has 1 saturated carbocycles. The van der Waals surface area contributed by atoms with E-state index >= 15 is 0 Å². The molecule has 2 atom stereocenters. The van der Waals surface area contributed by atoms with Gasteiger partial charge in [0.05, 0.1) is 17.4 Å². The Morgan fingerprint density at radius 1 is 1.00 bits per heavy atom. The predicted octanol–water partition coefficient (Wildman–Crippen LogP) is 9.46. The highest BCUT2D eigenvalue weighted by atomic mass is 35.5. The van der Waals surface area contributed by atoms with Gasteiger partial charge < -0.3 is 10.1 Å². The number of ketones is 1. The Balaban J connectivity index is 1.88. The Hall–Kier alpha value is -2.17. The van der Waals surface area contributed by atoms with E-state index in [9.17, 15) is 4.79 Å². The van der Waals surface area contributed by atoms with Crippen LogP contribution in [-0.2, 0) is 9.53 Å². The van der Waals surface area contributed by atoms with Crippen molar-refractivity contribution in [1.82, 2.24) is 10.3 Å². The molecule has 0 aliphatic heterocycles. The third-order valence-electron chi connectivity index (χ3n) is 7.75. The fraction of sp³-hybridized carbons (Fsp3) is 0.576. The van der Waals surface area contributed by atoms with E-state index in [1.165, 1.54) is 44.9 Å². The zero-order valence-electron chi connectivity index (χ0n) is 23.9. The Morgan fingerprint density at radius 2 is 1.74 bits per heavy atom. The average Bonchev–Trinajstić information content (AvgIpc) is 2.93. The third kappa shape index (κ3) is 8.68. The topological polar surface area (TPSA) is 51.2 Å². The summed E-state index contributed by atoms with van der Waals surface area (Å²) < 4.78 is 6.18. The molecule has 0 radical (unpaired) electrons. The fourth-order valence-corrected chi connectivity index (χ4v) is 5.88. The monoisotopic (exact) mass is 538 g/mol. The van der Waals surface area contributed by atoms with Gasteiger partial charge in [-0.1, -0.05) is 94.3 Å². The number of hydrogen-bond acceptors (Lipinski definition) is 4. The minimum absolute atomic E-state index is 0.0504. The number of nitrogens with one attached hydrogen (secondary N) is 1. The van der Waals surface area contributed by atoms with Gasteiger partial charge in [-0.15, -0.1) is 0 Å². The summed E-state index contributed by atoms with van der Waals surface area (Å²) in [7, 11) is 0. The maximum Gasteiger partial charge on any atom is 0.197 e. The second kappa shape index (κ2) is 16.1. The van der Waals surface area contributed by atoms with Crippen molar-refractivity contribution < 1.29 is 9.53 Å². The van der Waals surface area contributed by atoms with E-state index in [4.69, 9.17) is 21.3 Å². The summed E-state index contributed by atoms with van der Waals surface area (Å²) in [6.07, 6.45) is 12.7. The number of carbonyl (C=O) groups is 1. The van der Waals surface area contributed by atoms with Crippen LogP contribution in [0.2, 0.25) is 0 Å². The van der Waals surface area contributed by atoms with Gasteiger partial charge in [0, 0.05) is 16.7 Å². The van der Waals surface area contributed by atoms with Crippen LogP contribution in [0, 0.1) is 5.92 Å². The summed E-state index contributed by atoms with van der Waals surface area (Å²) in [4.78, 5) is 17.5. The number of allylic oxidation sites excluding steroid dienone is 2. The van der Waals surface area contributed by atoms with Gasteiger partial charge in [-0.25, -0.2) is 0 Å². The van der Waals surface area contributed by atoms with E-state index in [1.807, 2.05) is 25.1 Å². The Bertz CT molecular complexity index is 1040. The van der Waals surface area contributed by atoms with Gasteiger partial charge in [0.15, 0.2) is 11.3 Å². The number of ether oxygens (including phenoxy) is 1. The largest absolute Gasteiger partial charge is 0.474 e. The minimum atomic E-state index is -0.714. The van der Waals surface area contributed by atoms with E-state index in [2.05, 4.69) is 43.4 Å². The van der Waals surface area contributed by atoms with Gasteiger partial charge in [-0.05, 0) is 70.5 Å². The molecule has 2 aromatic rings. The molecule has 2 unspecified atom stereocenters. The van der Waals surface area contributed by atoms with Crippen molar-refractivity contribution in [2.45, 2.75) is 110 Å². The number of halogens is 1. The lowest BCUT2D eigenvalue weighted by atomic mass is 9.82. The lowest BCUT2D eigenvalue weighted by molar-refractivity contribution is -0.114. The van der Waals surface area contributed by atoms with Crippen molar-refractivity contribution in [2.75, 3.05) is 6.54 Å². The van der Waals surface area contributed by atoms with Gasteiger partial charge in [-0.2, -0.15) is 0 Å². The van der Waals surface area contributed by atoms with E-state index in [-0.39, 0.29) is 11.8 Å². The molecule has 1 fully saturated rings. The van der Waals surface area contributed by atoms with Gasteiger partial charge >= 0.3 is 0 Å². The van der Waals surface area contributed by atoms with Gasteiger partial charge in [0.2, 0.25) is 0 Å². The van der Waals surface area contributed by atoms with Crippen LogP contribution in [0.25, 0.3) is 11.3 Å². The number of alkyl halides is 1. The first-order valence-electron chi connectivity index (χ1n) is 14.8. The predicted molar refractivity (Wildman–Crippen MR) is 159 cm³/mol. The van der Waals surface area contributed by atoms with E-state index in [0.29, 0.717) is 11.7 Å². The lowest BCUT2D eigenvalue weighted by Gasteiger charge is -2.31. The number of hydrogen-bond donors (Lipinski definition) is 1. The fourth-order valence-electron chi connectivity index (χ4n) is 5.56. The van der Waals surface area contributed by atoms with Crippen LogP contribution in [0.3, 0.4) is 0 Å². The molecule has 1 aliphatic carbocycles. The first-order chi connectivity index (χ1) is 18.5. The number of benzene rings is 1. The first-order valence-corrected chi connectivity index (χ1v) is 15.2. The van der Waals surface area contributed by atoms with Crippen LogP contribution in [-0.4, -0.2) is 17.3 Å². The Labute approximate surface area is 235 Å².